The van der Waals surface area contributed by atoms with Gasteiger partial charge in [-0.15, -0.1) is 0 Å². The molecule has 0 radical (unpaired) electrons. The fraction of sp³-hybridized carbons (Fsp3) is 0.115. The average Bonchev–Trinajstić information content (AvgIpc) is 3.12. The lowest BCUT2D eigenvalue weighted by Crippen LogP contribution is -1.99. The zero-order valence-corrected chi connectivity index (χ0v) is 17.3. The molecule has 156 valence electrons. The van der Waals surface area contributed by atoms with Crippen LogP contribution in [0.3, 0.4) is 0 Å². The molecule has 31 heavy (non-hydrogen) atoms. The van der Waals surface area contributed by atoms with Gasteiger partial charge in [-0.25, -0.2) is 0 Å². The fourth-order valence-corrected chi connectivity index (χ4v) is 3.23. The molecule has 0 N–H and O–H groups in total. The smallest absolute Gasteiger partial charge is 0.231 e. The summed E-state index contributed by atoms with van der Waals surface area (Å²) in [5, 5.41) is 0. The molecule has 0 amide bonds. The van der Waals surface area contributed by atoms with E-state index in [2.05, 4.69) is 0 Å². The van der Waals surface area contributed by atoms with E-state index in [0.717, 1.165) is 11.1 Å². The largest absolute Gasteiger partial charge is 0.497 e. The maximum Gasteiger partial charge on any atom is 0.231 e. The molecule has 5 heteroatoms. The Hall–Kier alpha value is -3.99. The molecular weight excluding hydrogens is 392 g/mol. The second-order valence-electron chi connectivity index (χ2n) is 6.83. The van der Waals surface area contributed by atoms with Crippen LogP contribution >= 0.6 is 0 Å². The number of hydrogen-bond acceptors (Lipinski definition) is 5. The van der Waals surface area contributed by atoms with Gasteiger partial charge in [-0.05, 0) is 42.0 Å². The second kappa shape index (κ2) is 9.22. The van der Waals surface area contributed by atoms with Gasteiger partial charge in [-0.3, -0.25) is 4.79 Å². The summed E-state index contributed by atoms with van der Waals surface area (Å²) >= 11 is 0. The van der Waals surface area contributed by atoms with E-state index in [4.69, 9.17) is 18.9 Å². The van der Waals surface area contributed by atoms with Gasteiger partial charge in [-0.1, -0.05) is 36.4 Å². The SMILES string of the molecule is COc1ccc(/C=C2\Oc3cc(OC/C=C/c4ccccc4)ccc3C2=O)c(OC)c1. The molecule has 1 aliphatic heterocycles. The van der Waals surface area contributed by atoms with Crippen LogP contribution in [0.2, 0.25) is 0 Å². The Morgan fingerprint density at radius 1 is 0.903 bits per heavy atom. The van der Waals surface area contributed by atoms with Gasteiger partial charge >= 0.3 is 0 Å². The summed E-state index contributed by atoms with van der Waals surface area (Å²) in [5.41, 5.74) is 2.34. The van der Waals surface area contributed by atoms with Crippen molar-refractivity contribution in [2.24, 2.45) is 0 Å². The standard InChI is InChI=1S/C26H22O5/c1-28-20-11-10-19(23(16-20)29-2)15-25-26(27)22-13-12-21(17-24(22)31-25)30-14-6-9-18-7-4-3-5-8-18/h3-13,15-17H,14H2,1-2H3/b9-6+,25-15-. The van der Waals surface area contributed by atoms with Crippen LogP contribution in [0.5, 0.6) is 23.0 Å². The van der Waals surface area contributed by atoms with Crippen molar-refractivity contribution in [2.75, 3.05) is 20.8 Å². The molecule has 0 aromatic heterocycles. The van der Waals surface area contributed by atoms with E-state index in [1.54, 1.807) is 50.6 Å². The van der Waals surface area contributed by atoms with E-state index in [-0.39, 0.29) is 11.5 Å². The first-order valence-electron chi connectivity index (χ1n) is 9.82. The van der Waals surface area contributed by atoms with E-state index in [9.17, 15) is 4.79 Å². The summed E-state index contributed by atoms with van der Waals surface area (Å²) in [4.78, 5) is 12.7. The maximum absolute atomic E-state index is 12.7. The number of allylic oxidation sites excluding steroid dienone is 1. The summed E-state index contributed by atoms with van der Waals surface area (Å²) in [6.45, 7) is 0.410. The predicted octanol–water partition coefficient (Wildman–Crippen LogP) is 5.41. The third kappa shape index (κ3) is 4.61. The van der Waals surface area contributed by atoms with Crippen LogP contribution in [0, 0.1) is 0 Å². The number of carbonyl (C=O) groups is 1. The highest BCUT2D eigenvalue weighted by Crippen LogP contribution is 2.36. The Bertz CT molecular complexity index is 1150. The Balaban J connectivity index is 1.47. The highest BCUT2D eigenvalue weighted by Gasteiger charge is 2.28. The predicted molar refractivity (Wildman–Crippen MR) is 120 cm³/mol. The summed E-state index contributed by atoms with van der Waals surface area (Å²) in [7, 11) is 3.16. The second-order valence-corrected chi connectivity index (χ2v) is 6.83. The molecule has 0 bridgehead atoms. The van der Waals surface area contributed by atoms with Crippen LogP contribution < -0.4 is 18.9 Å². The zero-order valence-electron chi connectivity index (χ0n) is 17.3. The molecule has 0 saturated carbocycles. The van der Waals surface area contributed by atoms with E-state index in [1.165, 1.54) is 0 Å². The van der Waals surface area contributed by atoms with E-state index in [1.807, 2.05) is 48.6 Å². The van der Waals surface area contributed by atoms with Crippen molar-refractivity contribution in [3.63, 3.8) is 0 Å². The van der Waals surface area contributed by atoms with Crippen molar-refractivity contribution in [2.45, 2.75) is 0 Å². The Morgan fingerprint density at radius 3 is 2.48 bits per heavy atom. The lowest BCUT2D eigenvalue weighted by molar-refractivity contribution is 0.101. The van der Waals surface area contributed by atoms with Crippen LogP contribution in [-0.2, 0) is 0 Å². The molecule has 1 heterocycles. The highest BCUT2D eigenvalue weighted by molar-refractivity contribution is 6.14. The molecule has 3 aromatic carbocycles. The molecule has 0 aliphatic carbocycles. The topological polar surface area (TPSA) is 54.0 Å². The van der Waals surface area contributed by atoms with Crippen LogP contribution in [0.25, 0.3) is 12.2 Å². The first-order chi connectivity index (χ1) is 15.2. The molecule has 1 aliphatic rings. The van der Waals surface area contributed by atoms with Gasteiger partial charge in [-0.2, -0.15) is 0 Å². The Morgan fingerprint density at radius 2 is 1.71 bits per heavy atom. The number of rotatable bonds is 7. The first kappa shape index (κ1) is 20.3. The van der Waals surface area contributed by atoms with Gasteiger partial charge in [0.2, 0.25) is 5.78 Å². The number of methoxy groups -OCH3 is 2. The first-order valence-corrected chi connectivity index (χ1v) is 9.82. The highest BCUT2D eigenvalue weighted by atomic mass is 16.5. The van der Waals surface area contributed by atoms with Crippen LogP contribution in [0.15, 0.2) is 78.6 Å². The molecule has 0 unspecified atom stereocenters. The summed E-state index contributed by atoms with van der Waals surface area (Å²) in [5.74, 6) is 2.43. The number of carbonyl (C=O) groups excluding carboxylic acids is 1. The van der Waals surface area contributed by atoms with Crippen LogP contribution in [-0.4, -0.2) is 26.6 Å². The zero-order chi connectivity index (χ0) is 21.6. The molecule has 3 aromatic rings. The summed E-state index contributed by atoms with van der Waals surface area (Å²) in [6, 6.07) is 20.6. The molecule has 5 nitrogen and oxygen atoms in total. The average molecular weight is 414 g/mol. The van der Waals surface area contributed by atoms with E-state index < -0.39 is 0 Å². The lowest BCUT2D eigenvalue weighted by atomic mass is 10.1. The van der Waals surface area contributed by atoms with Crippen molar-refractivity contribution >= 4 is 17.9 Å². The van der Waals surface area contributed by atoms with E-state index in [0.29, 0.717) is 35.2 Å². The quantitative estimate of drug-likeness (QED) is 0.484. The molecule has 0 saturated heterocycles. The number of ketones is 1. The third-order valence-corrected chi connectivity index (χ3v) is 4.82. The lowest BCUT2D eigenvalue weighted by Gasteiger charge is -2.08. The maximum atomic E-state index is 12.7. The number of Topliss-reactive ketones (excluding diaryl/α,β-unsaturated/α-hetero) is 1. The van der Waals surface area contributed by atoms with Crippen LogP contribution in [0.4, 0.5) is 0 Å². The van der Waals surface area contributed by atoms with Gasteiger partial charge < -0.3 is 18.9 Å². The normalized spacial score (nSPS) is 13.9. The van der Waals surface area contributed by atoms with E-state index >= 15 is 0 Å². The Labute approximate surface area is 181 Å². The summed E-state index contributed by atoms with van der Waals surface area (Å²) in [6.07, 6.45) is 5.61. The number of ether oxygens (including phenoxy) is 4. The van der Waals surface area contributed by atoms with Crippen molar-refractivity contribution in [3.05, 3.63) is 95.3 Å². The summed E-state index contributed by atoms with van der Waals surface area (Å²) < 4.78 is 22.2. The molecule has 0 spiro atoms. The minimum absolute atomic E-state index is 0.177. The van der Waals surface area contributed by atoms with Crippen molar-refractivity contribution < 1.29 is 23.7 Å². The fourth-order valence-electron chi connectivity index (χ4n) is 3.23. The van der Waals surface area contributed by atoms with Gasteiger partial charge in [0.05, 0.1) is 19.8 Å². The van der Waals surface area contributed by atoms with Crippen molar-refractivity contribution in [3.8, 4) is 23.0 Å². The van der Waals surface area contributed by atoms with Gasteiger partial charge in [0, 0.05) is 17.7 Å². The van der Waals surface area contributed by atoms with Crippen molar-refractivity contribution in [1.82, 2.24) is 0 Å². The molecular formula is C26H22O5. The molecule has 0 atom stereocenters. The van der Waals surface area contributed by atoms with Crippen molar-refractivity contribution in [1.29, 1.82) is 0 Å². The Kier molecular flexibility index (Phi) is 6.03. The number of benzene rings is 3. The van der Waals surface area contributed by atoms with Gasteiger partial charge in [0.1, 0.15) is 29.6 Å². The molecule has 4 rings (SSSR count). The monoisotopic (exact) mass is 414 g/mol. The third-order valence-electron chi connectivity index (χ3n) is 4.82. The van der Waals surface area contributed by atoms with Gasteiger partial charge in [0.25, 0.3) is 0 Å². The van der Waals surface area contributed by atoms with Gasteiger partial charge in [0.15, 0.2) is 5.76 Å². The van der Waals surface area contributed by atoms with Crippen LogP contribution in [0.1, 0.15) is 21.5 Å². The number of hydrogen-bond donors (Lipinski definition) is 0. The minimum atomic E-state index is -0.177. The minimum Gasteiger partial charge on any atom is -0.497 e. The number of fused-ring (bicyclic) bond motifs is 1. The molecule has 0 fully saturated rings.